The van der Waals surface area contributed by atoms with Crippen LogP contribution in [0.5, 0.6) is 0 Å². The number of aromatic nitrogens is 4. The summed E-state index contributed by atoms with van der Waals surface area (Å²) in [6.07, 6.45) is 0. The minimum absolute atomic E-state index is 0.394. The highest BCUT2D eigenvalue weighted by atomic mass is 35.6. The smallest absolute Gasteiger partial charge is 0.187 e. The maximum Gasteiger partial charge on any atom is 0.243 e. The van der Waals surface area contributed by atoms with Crippen LogP contribution >= 0.6 is 46.1 Å². The van der Waals surface area contributed by atoms with Gasteiger partial charge in [-0.1, -0.05) is 46.1 Å². The summed E-state index contributed by atoms with van der Waals surface area (Å²) in [6, 6.07) is 0. The maximum atomic E-state index is 5.66. The molecule has 4 nitrogen and oxygen atoms in total. The second kappa shape index (κ2) is 2.95. The summed E-state index contributed by atoms with van der Waals surface area (Å²) in [5.41, 5.74) is 0. The van der Waals surface area contributed by atoms with Gasteiger partial charge in [0.25, 0.3) is 0 Å². The van der Waals surface area contributed by atoms with Gasteiger partial charge < -0.3 is 0 Å². The van der Waals surface area contributed by atoms with Crippen molar-refractivity contribution in [1.29, 1.82) is 0 Å². The second-order valence-corrected chi connectivity index (χ2v) is 5.58. The van der Waals surface area contributed by atoms with Crippen LogP contribution in [0.25, 0.3) is 4.96 Å². The molecule has 0 aliphatic carbocycles. The Labute approximate surface area is 92.4 Å². The van der Waals surface area contributed by atoms with Gasteiger partial charge >= 0.3 is 0 Å². The summed E-state index contributed by atoms with van der Waals surface area (Å²) < 4.78 is 0.0553. The lowest BCUT2D eigenvalue weighted by Gasteiger charge is -2.03. The first-order chi connectivity index (χ1) is 5.98. The predicted molar refractivity (Wildman–Crippen MR) is 52.6 cm³/mol. The molecule has 0 aliphatic rings. The Hall–Kier alpha value is -0.100. The molecule has 0 unspecified atom stereocenters. The highest BCUT2D eigenvalue weighted by Gasteiger charge is 2.28. The van der Waals surface area contributed by atoms with E-state index < -0.39 is 3.79 Å². The van der Waals surface area contributed by atoms with Crippen molar-refractivity contribution in [3.05, 3.63) is 10.8 Å². The third kappa shape index (κ3) is 1.61. The quantitative estimate of drug-likeness (QED) is 0.680. The fourth-order valence-corrected chi connectivity index (χ4v) is 2.04. The van der Waals surface area contributed by atoms with Gasteiger partial charge in [-0.05, 0) is 6.92 Å². The van der Waals surface area contributed by atoms with Crippen LogP contribution in [0.4, 0.5) is 0 Å². The van der Waals surface area contributed by atoms with Crippen molar-refractivity contribution in [1.82, 2.24) is 19.8 Å². The van der Waals surface area contributed by atoms with E-state index in [1.54, 1.807) is 11.4 Å². The zero-order valence-electron chi connectivity index (χ0n) is 6.33. The van der Waals surface area contributed by atoms with E-state index >= 15 is 0 Å². The SMILES string of the molecule is Cc1nnc2sc(C(Cl)(Cl)Cl)nn12. The summed E-state index contributed by atoms with van der Waals surface area (Å²) >= 11 is 18.2. The molecule has 13 heavy (non-hydrogen) atoms. The Kier molecular flexibility index (Phi) is 2.14. The number of nitrogens with zero attached hydrogens (tertiary/aromatic N) is 4. The van der Waals surface area contributed by atoms with Gasteiger partial charge in [-0.3, -0.25) is 0 Å². The van der Waals surface area contributed by atoms with Crippen molar-refractivity contribution in [2.24, 2.45) is 0 Å². The molecule has 0 bridgehead atoms. The molecule has 0 aromatic carbocycles. The molecule has 0 N–H and O–H groups in total. The molecule has 0 amide bonds. The zero-order chi connectivity index (χ0) is 9.64. The van der Waals surface area contributed by atoms with Crippen molar-refractivity contribution in [2.75, 3.05) is 0 Å². The Morgan fingerprint density at radius 2 is 2.00 bits per heavy atom. The van der Waals surface area contributed by atoms with E-state index in [1.807, 2.05) is 0 Å². The monoisotopic (exact) mass is 256 g/mol. The maximum absolute atomic E-state index is 5.66. The van der Waals surface area contributed by atoms with Crippen LogP contribution < -0.4 is 0 Å². The molecule has 0 fully saturated rings. The van der Waals surface area contributed by atoms with Crippen molar-refractivity contribution in [3.8, 4) is 0 Å². The third-order valence-corrected chi connectivity index (χ3v) is 3.28. The fraction of sp³-hybridized carbons (Fsp3) is 0.400. The predicted octanol–water partition coefficient (Wildman–Crippen LogP) is 2.32. The molecule has 2 aromatic heterocycles. The zero-order valence-corrected chi connectivity index (χ0v) is 9.42. The molecule has 0 atom stereocenters. The highest BCUT2D eigenvalue weighted by Crippen LogP contribution is 2.40. The number of hydrogen-bond acceptors (Lipinski definition) is 4. The molecule has 0 saturated heterocycles. The first-order valence-electron chi connectivity index (χ1n) is 3.24. The van der Waals surface area contributed by atoms with E-state index in [-0.39, 0.29) is 0 Å². The third-order valence-electron chi connectivity index (χ3n) is 1.39. The second-order valence-electron chi connectivity index (χ2n) is 2.35. The molecule has 70 valence electrons. The first kappa shape index (κ1) is 9.45. The Bertz CT molecular complexity index is 442. The molecule has 0 radical (unpaired) electrons. The van der Waals surface area contributed by atoms with E-state index in [0.29, 0.717) is 15.8 Å². The van der Waals surface area contributed by atoms with Gasteiger partial charge in [0.05, 0.1) is 0 Å². The number of aryl methyl sites for hydroxylation is 1. The van der Waals surface area contributed by atoms with Crippen LogP contribution in [0, 0.1) is 6.92 Å². The summed E-state index contributed by atoms with van der Waals surface area (Å²) in [4.78, 5) is 0.624. The molecule has 0 spiro atoms. The van der Waals surface area contributed by atoms with Gasteiger partial charge in [-0.25, -0.2) is 0 Å². The van der Waals surface area contributed by atoms with E-state index in [4.69, 9.17) is 34.8 Å². The Balaban J connectivity index is 2.63. The van der Waals surface area contributed by atoms with Crippen LogP contribution in [-0.2, 0) is 3.79 Å². The minimum Gasteiger partial charge on any atom is -0.187 e. The molecular formula is C5H3Cl3N4S. The van der Waals surface area contributed by atoms with Crippen molar-refractivity contribution >= 4 is 51.1 Å². The molecule has 2 heterocycles. The van der Waals surface area contributed by atoms with Gasteiger partial charge in [0, 0.05) is 0 Å². The number of rotatable bonds is 0. The summed E-state index contributed by atoms with van der Waals surface area (Å²) in [7, 11) is 0. The standard InChI is InChI=1S/C5H3Cl3N4S/c1-2-9-10-4-12(2)11-3(13-4)5(6,7)8/h1H3. The summed E-state index contributed by atoms with van der Waals surface area (Å²) in [6.45, 7) is 1.78. The molecule has 2 rings (SSSR count). The summed E-state index contributed by atoms with van der Waals surface area (Å²) in [5.74, 6) is 0.673. The van der Waals surface area contributed by atoms with Gasteiger partial charge in [-0.15, -0.1) is 10.2 Å². The normalized spacial score (nSPS) is 12.6. The van der Waals surface area contributed by atoms with Gasteiger partial charge in [0.1, 0.15) is 0 Å². The molecule has 2 aromatic rings. The Morgan fingerprint density at radius 3 is 2.54 bits per heavy atom. The van der Waals surface area contributed by atoms with Crippen LogP contribution in [-0.4, -0.2) is 19.8 Å². The highest BCUT2D eigenvalue weighted by molar-refractivity contribution is 7.17. The van der Waals surface area contributed by atoms with E-state index in [1.165, 1.54) is 11.3 Å². The van der Waals surface area contributed by atoms with E-state index in [0.717, 1.165) is 0 Å². The molecular weight excluding hydrogens is 255 g/mol. The lowest BCUT2D eigenvalue weighted by Crippen LogP contribution is -2.00. The van der Waals surface area contributed by atoms with Crippen LogP contribution in [0.1, 0.15) is 10.8 Å². The first-order valence-corrected chi connectivity index (χ1v) is 5.19. The lowest BCUT2D eigenvalue weighted by molar-refractivity contribution is 0.863. The average Bonchev–Trinajstić information content (AvgIpc) is 2.51. The van der Waals surface area contributed by atoms with Gasteiger partial charge in [0.15, 0.2) is 10.8 Å². The minimum atomic E-state index is -1.49. The van der Waals surface area contributed by atoms with Crippen LogP contribution in [0.2, 0.25) is 0 Å². The van der Waals surface area contributed by atoms with Gasteiger partial charge in [-0.2, -0.15) is 9.61 Å². The van der Waals surface area contributed by atoms with E-state index in [2.05, 4.69) is 15.3 Å². The van der Waals surface area contributed by atoms with Crippen LogP contribution in [0.3, 0.4) is 0 Å². The van der Waals surface area contributed by atoms with Gasteiger partial charge in [0.2, 0.25) is 8.75 Å². The number of fused-ring (bicyclic) bond motifs is 1. The van der Waals surface area contributed by atoms with E-state index in [9.17, 15) is 0 Å². The lowest BCUT2D eigenvalue weighted by atomic mass is 10.7. The largest absolute Gasteiger partial charge is 0.243 e. The van der Waals surface area contributed by atoms with Crippen molar-refractivity contribution in [2.45, 2.75) is 10.7 Å². The van der Waals surface area contributed by atoms with Crippen LogP contribution in [0.15, 0.2) is 0 Å². The average molecular weight is 258 g/mol. The number of halogens is 3. The number of hydrogen-bond donors (Lipinski definition) is 0. The molecule has 0 aliphatic heterocycles. The topological polar surface area (TPSA) is 43.1 Å². The summed E-state index contributed by atoms with van der Waals surface area (Å²) in [5, 5.41) is 12.1. The van der Waals surface area contributed by atoms with Crippen molar-refractivity contribution in [3.63, 3.8) is 0 Å². The van der Waals surface area contributed by atoms with Crippen molar-refractivity contribution < 1.29 is 0 Å². The molecule has 0 saturated carbocycles. The molecule has 8 heteroatoms. The Morgan fingerprint density at radius 1 is 1.31 bits per heavy atom. The number of alkyl halides is 3. The fourth-order valence-electron chi connectivity index (χ4n) is 0.829.